The van der Waals surface area contributed by atoms with Gasteiger partial charge in [0.05, 0.1) is 0 Å². The molecule has 0 aromatic rings. The average Bonchev–Trinajstić information content (AvgIpc) is 2.51. The minimum atomic E-state index is -4.32. The number of hydrogen-bond donors (Lipinski definition) is 0. The van der Waals surface area contributed by atoms with Gasteiger partial charge in [-0.1, -0.05) is 13.3 Å². The summed E-state index contributed by atoms with van der Waals surface area (Å²) in [5.41, 5.74) is 0. The summed E-state index contributed by atoms with van der Waals surface area (Å²) in [7, 11) is -4.32. The van der Waals surface area contributed by atoms with E-state index in [1.807, 2.05) is 6.92 Å². The maximum Gasteiger partial charge on any atom is 0.350 e. The standard InChI is InChI=1S/C7H13F2NO2S/c1-2-6-3-4-10(5-6)13(11,12)7(8)9/h6-7H,2-5H2,1H3. The Morgan fingerprint density at radius 2 is 2.15 bits per heavy atom. The van der Waals surface area contributed by atoms with Crippen LogP contribution >= 0.6 is 0 Å². The summed E-state index contributed by atoms with van der Waals surface area (Å²) in [4.78, 5) is 0. The molecule has 1 aliphatic rings. The predicted molar refractivity (Wildman–Crippen MR) is 44.9 cm³/mol. The average molecular weight is 213 g/mol. The van der Waals surface area contributed by atoms with E-state index in [9.17, 15) is 17.2 Å². The second-order valence-electron chi connectivity index (χ2n) is 3.23. The zero-order chi connectivity index (χ0) is 10.1. The molecule has 1 heterocycles. The normalized spacial score (nSPS) is 25.7. The zero-order valence-electron chi connectivity index (χ0n) is 7.41. The molecule has 13 heavy (non-hydrogen) atoms. The van der Waals surface area contributed by atoms with Crippen LogP contribution in [0.25, 0.3) is 0 Å². The highest BCUT2D eigenvalue weighted by atomic mass is 32.2. The molecule has 0 spiro atoms. The van der Waals surface area contributed by atoms with E-state index < -0.39 is 15.8 Å². The first-order chi connectivity index (χ1) is 5.98. The molecule has 1 rings (SSSR count). The summed E-state index contributed by atoms with van der Waals surface area (Å²) in [6.07, 6.45) is 1.54. The fourth-order valence-corrected chi connectivity index (χ4v) is 2.48. The highest BCUT2D eigenvalue weighted by Gasteiger charge is 2.36. The van der Waals surface area contributed by atoms with Gasteiger partial charge in [-0.05, 0) is 12.3 Å². The van der Waals surface area contributed by atoms with Gasteiger partial charge in [-0.3, -0.25) is 0 Å². The van der Waals surface area contributed by atoms with Crippen LogP contribution < -0.4 is 0 Å². The van der Waals surface area contributed by atoms with Gasteiger partial charge >= 0.3 is 5.76 Å². The Balaban J connectivity index is 2.66. The number of hydrogen-bond acceptors (Lipinski definition) is 2. The van der Waals surface area contributed by atoms with Gasteiger partial charge in [-0.15, -0.1) is 0 Å². The van der Waals surface area contributed by atoms with Crippen LogP contribution in [0.2, 0.25) is 0 Å². The van der Waals surface area contributed by atoms with Gasteiger partial charge < -0.3 is 0 Å². The van der Waals surface area contributed by atoms with Crippen LogP contribution in [-0.4, -0.2) is 31.6 Å². The van der Waals surface area contributed by atoms with Crippen LogP contribution in [0.4, 0.5) is 8.78 Å². The van der Waals surface area contributed by atoms with Crippen LogP contribution in [0, 0.1) is 5.92 Å². The van der Waals surface area contributed by atoms with Gasteiger partial charge in [0, 0.05) is 13.1 Å². The van der Waals surface area contributed by atoms with Crippen LogP contribution in [0.1, 0.15) is 19.8 Å². The van der Waals surface area contributed by atoms with Crippen LogP contribution in [0.3, 0.4) is 0 Å². The molecule has 0 radical (unpaired) electrons. The van der Waals surface area contributed by atoms with Crippen LogP contribution in [0.5, 0.6) is 0 Å². The van der Waals surface area contributed by atoms with Crippen LogP contribution in [-0.2, 0) is 10.0 Å². The molecule has 1 unspecified atom stereocenters. The number of sulfonamides is 1. The maximum absolute atomic E-state index is 12.1. The van der Waals surface area contributed by atoms with Crippen molar-refractivity contribution in [2.75, 3.05) is 13.1 Å². The quantitative estimate of drug-likeness (QED) is 0.708. The van der Waals surface area contributed by atoms with E-state index in [0.29, 0.717) is 6.42 Å². The lowest BCUT2D eigenvalue weighted by molar-refractivity contribution is 0.222. The lowest BCUT2D eigenvalue weighted by atomic mass is 10.1. The van der Waals surface area contributed by atoms with Crippen molar-refractivity contribution < 1.29 is 17.2 Å². The Bertz CT molecular complexity index is 266. The Hall–Kier alpha value is -0.230. The highest BCUT2D eigenvalue weighted by molar-refractivity contribution is 7.89. The molecule has 0 aromatic carbocycles. The van der Waals surface area contributed by atoms with E-state index >= 15 is 0 Å². The molecule has 1 aliphatic heterocycles. The van der Waals surface area contributed by atoms with Gasteiger partial charge in [-0.25, -0.2) is 8.42 Å². The largest absolute Gasteiger partial charge is 0.350 e. The monoisotopic (exact) mass is 213 g/mol. The molecule has 0 bridgehead atoms. The number of halogens is 2. The van der Waals surface area contributed by atoms with E-state index in [1.54, 1.807) is 0 Å². The summed E-state index contributed by atoms with van der Waals surface area (Å²) >= 11 is 0. The third-order valence-corrected chi connectivity index (χ3v) is 3.91. The Morgan fingerprint density at radius 3 is 2.54 bits per heavy atom. The first kappa shape index (κ1) is 10.8. The van der Waals surface area contributed by atoms with Crippen molar-refractivity contribution in [1.29, 1.82) is 0 Å². The van der Waals surface area contributed by atoms with E-state index in [4.69, 9.17) is 0 Å². The molecule has 0 aliphatic carbocycles. The Kier molecular flexibility index (Phi) is 3.23. The number of nitrogens with zero attached hydrogens (tertiary/aromatic N) is 1. The summed E-state index contributed by atoms with van der Waals surface area (Å²) in [5, 5.41) is 0. The Labute approximate surface area is 76.8 Å². The minimum absolute atomic E-state index is 0.241. The number of alkyl halides is 2. The molecule has 0 amide bonds. The van der Waals surface area contributed by atoms with Crippen molar-refractivity contribution in [3.05, 3.63) is 0 Å². The summed E-state index contributed by atoms with van der Waals surface area (Å²) in [6, 6.07) is 0. The SMILES string of the molecule is CCC1CCN(S(=O)(=O)C(F)F)C1. The molecule has 0 saturated carbocycles. The lowest BCUT2D eigenvalue weighted by Gasteiger charge is -2.14. The fraction of sp³-hybridized carbons (Fsp3) is 1.00. The molecule has 6 heteroatoms. The van der Waals surface area contributed by atoms with Gasteiger partial charge in [0.1, 0.15) is 0 Å². The molecule has 1 fully saturated rings. The van der Waals surface area contributed by atoms with Crippen molar-refractivity contribution in [3.8, 4) is 0 Å². The highest BCUT2D eigenvalue weighted by Crippen LogP contribution is 2.24. The smallest absolute Gasteiger partial charge is 0.206 e. The first-order valence-corrected chi connectivity index (χ1v) is 5.76. The van der Waals surface area contributed by atoms with E-state index in [1.165, 1.54) is 0 Å². The van der Waals surface area contributed by atoms with Gasteiger partial charge in [0.15, 0.2) is 0 Å². The molecule has 0 N–H and O–H groups in total. The third-order valence-electron chi connectivity index (χ3n) is 2.41. The van der Waals surface area contributed by atoms with E-state index in [0.717, 1.165) is 10.7 Å². The summed E-state index contributed by atoms with van der Waals surface area (Å²) < 4.78 is 47.0. The van der Waals surface area contributed by atoms with Crippen LogP contribution in [0.15, 0.2) is 0 Å². The minimum Gasteiger partial charge on any atom is -0.206 e. The number of rotatable bonds is 3. The van der Waals surface area contributed by atoms with Crippen molar-refractivity contribution in [1.82, 2.24) is 4.31 Å². The fourth-order valence-electron chi connectivity index (χ4n) is 1.47. The molecule has 1 saturated heterocycles. The molecule has 1 atom stereocenters. The molecule has 3 nitrogen and oxygen atoms in total. The molecular weight excluding hydrogens is 200 g/mol. The molecule has 0 aromatic heterocycles. The zero-order valence-corrected chi connectivity index (χ0v) is 8.23. The molecular formula is C7H13F2NO2S. The Morgan fingerprint density at radius 1 is 1.54 bits per heavy atom. The predicted octanol–water partition coefficient (Wildman–Crippen LogP) is 1.27. The van der Waals surface area contributed by atoms with Crippen molar-refractivity contribution in [3.63, 3.8) is 0 Å². The van der Waals surface area contributed by atoms with Crippen molar-refractivity contribution >= 4 is 10.0 Å². The summed E-state index contributed by atoms with van der Waals surface area (Å²) in [5.74, 6) is -3.03. The first-order valence-electron chi connectivity index (χ1n) is 4.25. The maximum atomic E-state index is 12.1. The topological polar surface area (TPSA) is 37.4 Å². The summed E-state index contributed by atoms with van der Waals surface area (Å²) in [6.45, 7) is 2.43. The van der Waals surface area contributed by atoms with E-state index in [2.05, 4.69) is 0 Å². The van der Waals surface area contributed by atoms with Gasteiger partial charge in [0.25, 0.3) is 10.0 Å². The third kappa shape index (κ3) is 2.17. The second-order valence-corrected chi connectivity index (χ2v) is 5.13. The van der Waals surface area contributed by atoms with Gasteiger partial charge in [-0.2, -0.15) is 13.1 Å². The second kappa shape index (κ2) is 3.88. The van der Waals surface area contributed by atoms with Crippen molar-refractivity contribution in [2.45, 2.75) is 25.5 Å². The molecule has 78 valence electrons. The lowest BCUT2D eigenvalue weighted by Crippen LogP contribution is -2.33. The van der Waals surface area contributed by atoms with Gasteiger partial charge in [0.2, 0.25) is 0 Å². The van der Waals surface area contributed by atoms with E-state index in [-0.39, 0.29) is 19.0 Å². The van der Waals surface area contributed by atoms with Crippen molar-refractivity contribution in [2.24, 2.45) is 5.92 Å².